The van der Waals surface area contributed by atoms with E-state index in [9.17, 15) is 18.4 Å². The first kappa shape index (κ1) is 33.7. The van der Waals surface area contributed by atoms with Crippen molar-refractivity contribution in [1.82, 2.24) is 9.88 Å². The van der Waals surface area contributed by atoms with Gasteiger partial charge in [0.2, 0.25) is 5.78 Å². The number of nitrogens with two attached hydrogens (primary N) is 2. The van der Waals surface area contributed by atoms with Crippen molar-refractivity contribution in [3.8, 4) is 0 Å². The standard InChI is InChI=1S/C18H18F2N4O2S.C6H14N2.C2H6/c1-4-7-12(20)14(11(3)19)15(26)16-17(21)24-18(27-16)23-13(8-5-2)22-9-6-10-25;7-3-6-8-4-1-2-5-8;1-2/h4-5,7-10H,1-2,6,21H2,3H3,(H,23,24);1-7H2;1-2H3/b12-7+,13-8+,14-11-,22-9-;;. The summed E-state index contributed by atoms with van der Waals surface area (Å²) in [7, 11) is 0. The summed E-state index contributed by atoms with van der Waals surface area (Å²) in [6.07, 6.45) is 9.82. The number of rotatable bonds is 12. The van der Waals surface area contributed by atoms with Gasteiger partial charge in [0.05, 0.1) is 5.57 Å². The number of hydrogen-bond acceptors (Lipinski definition) is 9. The first-order chi connectivity index (χ1) is 17.8. The molecule has 0 aliphatic carbocycles. The van der Waals surface area contributed by atoms with Gasteiger partial charge in [0.25, 0.3) is 0 Å². The van der Waals surface area contributed by atoms with Gasteiger partial charge in [0.1, 0.15) is 34.5 Å². The zero-order valence-corrected chi connectivity index (χ0v) is 22.6. The molecular formula is C26H38F2N6O2S. The van der Waals surface area contributed by atoms with Crippen LogP contribution in [-0.4, -0.2) is 54.3 Å². The summed E-state index contributed by atoms with van der Waals surface area (Å²) in [5, 5.41) is 2.97. The van der Waals surface area contributed by atoms with E-state index >= 15 is 0 Å². The molecule has 0 saturated carbocycles. The lowest BCUT2D eigenvalue weighted by Gasteiger charge is -2.11. The molecule has 0 unspecified atom stereocenters. The molecule has 5 N–H and O–H groups in total. The second kappa shape index (κ2) is 19.9. The van der Waals surface area contributed by atoms with Crippen molar-refractivity contribution in [1.29, 1.82) is 0 Å². The number of anilines is 2. The SMILES string of the molecule is C=C/C=C(\N=C/CC=O)Nc1nc(N)c(C(=O)C(/C(F)=C\C=C)=C(/C)F)s1.CC.NCCN1CCCC1. The number of thiazole rings is 1. The fraction of sp³-hybridized carbons (Fsp3) is 0.385. The second-order valence-electron chi connectivity index (χ2n) is 7.19. The number of nitrogens with one attached hydrogen (secondary N) is 1. The van der Waals surface area contributed by atoms with Gasteiger partial charge in [-0.15, -0.1) is 0 Å². The maximum atomic E-state index is 14.0. The van der Waals surface area contributed by atoms with Gasteiger partial charge in [-0.25, -0.2) is 18.8 Å². The maximum absolute atomic E-state index is 14.0. The van der Waals surface area contributed by atoms with Crippen molar-refractivity contribution in [2.24, 2.45) is 10.7 Å². The fourth-order valence-electron chi connectivity index (χ4n) is 3.00. The fourth-order valence-corrected chi connectivity index (χ4v) is 3.84. The van der Waals surface area contributed by atoms with E-state index in [4.69, 9.17) is 11.5 Å². The number of aliphatic imine (C=N–C) groups is 1. The Labute approximate surface area is 222 Å². The highest BCUT2D eigenvalue weighted by atomic mass is 32.1. The van der Waals surface area contributed by atoms with Crippen LogP contribution in [0.25, 0.3) is 0 Å². The van der Waals surface area contributed by atoms with E-state index in [1.165, 1.54) is 44.3 Å². The summed E-state index contributed by atoms with van der Waals surface area (Å²) in [4.78, 5) is 33.1. The van der Waals surface area contributed by atoms with Crippen LogP contribution in [0.3, 0.4) is 0 Å². The number of allylic oxidation sites excluding steroid dienone is 7. The minimum atomic E-state index is -1.07. The first-order valence-corrected chi connectivity index (χ1v) is 12.7. The highest BCUT2D eigenvalue weighted by Crippen LogP contribution is 2.31. The Hall–Kier alpha value is -3.28. The van der Waals surface area contributed by atoms with Crippen LogP contribution >= 0.6 is 11.3 Å². The number of hydrogen-bond donors (Lipinski definition) is 3. The number of carbonyl (C=O) groups is 2. The number of carbonyl (C=O) groups excluding carboxylic acids is 2. The third-order valence-corrected chi connectivity index (χ3v) is 5.51. The normalized spacial score (nSPS) is 14.6. The van der Waals surface area contributed by atoms with Gasteiger partial charge in [-0.1, -0.05) is 50.5 Å². The molecule has 0 radical (unpaired) electrons. The Bertz CT molecular complexity index is 1000. The Morgan fingerprint density at radius 1 is 1.22 bits per heavy atom. The van der Waals surface area contributed by atoms with Gasteiger partial charge < -0.3 is 26.5 Å². The molecule has 1 aromatic rings. The van der Waals surface area contributed by atoms with Gasteiger partial charge in [0.15, 0.2) is 5.13 Å². The van der Waals surface area contributed by atoms with Crippen molar-refractivity contribution in [2.45, 2.75) is 40.0 Å². The molecule has 0 amide bonds. The number of aldehydes is 1. The predicted octanol–water partition coefficient (Wildman–Crippen LogP) is 5.36. The van der Waals surface area contributed by atoms with E-state index in [1.54, 1.807) is 0 Å². The summed E-state index contributed by atoms with van der Waals surface area (Å²) in [5.41, 5.74) is 10.4. The largest absolute Gasteiger partial charge is 0.382 e. The lowest BCUT2D eigenvalue weighted by molar-refractivity contribution is -0.106. The van der Waals surface area contributed by atoms with Crippen LogP contribution in [0.2, 0.25) is 0 Å². The van der Waals surface area contributed by atoms with Crippen LogP contribution in [0.1, 0.15) is 49.7 Å². The highest BCUT2D eigenvalue weighted by Gasteiger charge is 2.25. The number of ketones is 1. The highest BCUT2D eigenvalue weighted by molar-refractivity contribution is 7.18. The maximum Gasteiger partial charge on any atom is 0.212 e. The van der Waals surface area contributed by atoms with E-state index in [1.807, 2.05) is 13.8 Å². The van der Waals surface area contributed by atoms with Crippen molar-refractivity contribution in [2.75, 3.05) is 37.2 Å². The van der Waals surface area contributed by atoms with E-state index in [-0.39, 0.29) is 28.1 Å². The van der Waals surface area contributed by atoms with Crippen LogP contribution in [0.15, 0.2) is 65.5 Å². The number of nitrogens with zero attached hydrogens (tertiary/aromatic N) is 3. The first-order valence-electron chi connectivity index (χ1n) is 11.9. The Balaban J connectivity index is 0.00000108. The molecule has 1 fully saturated rings. The smallest absolute Gasteiger partial charge is 0.212 e. The summed E-state index contributed by atoms with van der Waals surface area (Å²) in [6.45, 7) is 16.3. The number of Topliss-reactive ketones (excluding diaryl/α,β-unsaturated/α-hetero) is 1. The lowest BCUT2D eigenvalue weighted by Crippen LogP contribution is -2.26. The molecule has 2 heterocycles. The molecule has 2 rings (SSSR count). The van der Waals surface area contributed by atoms with Gasteiger partial charge in [-0.3, -0.25) is 4.79 Å². The molecule has 11 heteroatoms. The Kier molecular flexibility index (Phi) is 18.1. The lowest BCUT2D eigenvalue weighted by atomic mass is 10.1. The van der Waals surface area contributed by atoms with Crippen LogP contribution < -0.4 is 16.8 Å². The Morgan fingerprint density at radius 3 is 2.35 bits per heavy atom. The topological polar surface area (TPSA) is 127 Å². The quantitative estimate of drug-likeness (QED) is 0.108. The van der Waals surface area contributed by atoms with E-state index in [0.717, 1.165) is 43.5 Å². The van der Waals surface area contributed by atoms with Crippen LogP contribution in [0.5, 0.6) is 0 Å². The average molecular weight is 537 g/mol. The van der Waals surface area contributed by atoms with Crippen LogP contribution in [0, 0.1) is 0 Å². The van der Waals surface area contributed by atoms with E-state index in [2.05, 4.69) is 33.4 Å². The Morgan fingerprint density at radius 2 is 1.84 bits per heavy atom. The summed E-state index contributed by atoms with van der Waals surface area (Å²) >= 11 is 0.806. The molecule has 0 bridgehead atoms. The van der Waals surface area contributed by atoms with Crippen molar-refractivity contribution in [3.63, 3.8) is 0 Å². The minimum absolute atomic E-state index is 0.110. The van der Waals surface area contributed by atoms with Gasteiger partial charge in [0, 0.05) is 25.7 Å². The summed E-state index contributed by atoms with van der Waals surface area (Å²) in [5.74, 6) is -2.90. The number of halogens is 2. The molecule has 1 saturated heterocycles. The molecule has 0 spiro atoms. The van der Waals surface area contributed by atoms with Crippen molar-refractivity contribution < 1.29 is 18.4 Å². The second-order valence-corrected chi connectivity index (χ2v) is 8.18. The molecule has 0 aromatic carbocycles. The molecular weight excluding hydrogens is 498 g/mol. The molecule has 204 valence electrons. The minimum Gasteiger partial charge on any atom is -0.382 e. The molecule has 1 aliphatic heterocycles. The number of nitrogen functional groups attached to an aromatic ring is 1. The number of likely N-dealkylation sites (tertiary alicyclic amines) is 1. The predicted molar refractivity (Wildman–Crippen MR) is 151 cm³/mol. The molecule has 37 heavy (non-hydrogen) atoms. The zero-order valence-electron chi connectivity index (χ0n) is 21.8. The summed E-state index contributed by atoms with van der Waals surface area (Å²) in [6, 6.07) is 0. The van der Waals surface area contributed by atoms with Gasteiger partial charge in [-0.05, 0) is 45.0 Å². The average Bonchev–Trinajstić information content (AvgIpc) is 3.51. The molecule has 8 nitrogen and oxygen atoms in total. The third kappa shape index (κ3) is 12.5. The van der Waals surface area contributed by atoms with Gasteiger partial charge >= 0.3 is 0 Å². The van der Waals surface area contributed by atoms with E-state index < -0.39 is 23.0 Å². The molecule has 0 atom stereocenters. The summed E-state index contributed by atoms with van der Waals surface area (Å²) < 4.78 is 27.7. The van der Waals surface area contributed by atoms with Crippen LogP contribution in [0.4, 0.5) is 19.7 Å². The van der Waals surface area contributed by atoms with E-state index in [0.29, 0.717) is 6.29 Å². The van der Waals surface area contributed by atoms with Crippen LogP contribution in [-0.2, 0) is 4.79 Å². The zero-order chi connectivity index (χ0) is 28.2. The van der Waals surface area contributed by atoms with Gasteiger partial charge in [-0.2, -0.15) is 0 Å². The molecule has 1 aliphatic rings. The van der Waals surface area contributed by atoms with Crippen molar-refractivity contribution >= 4 is 40.6 Å². The van der Waals surface area contributed by atoms with Crippen molar-refractivity contribution in [3.05, 3.63) is 65.4 Å². The molecule has 1 aromatic heterocycles. The third-order valence-electron chi connectivity index (χ3n) is 4.52. The number of aromatic nitrogens is 1. The monoisotopic (exact) mass is 536 g/mol.